The maximum atomic E-state index is 4.17. The second-order valence-corrected chi connectivity index (χ2v) is 4.75. The lowest BCUT2D eigenvalue weighted by atomic mass is 9.97. The molecule has 16 heavy (non-hydrogen) atoms. The van der Waals surface area contributed by atoms with Crippen LogP contribution in [0.3, 0.4) is 0 Å². The van der Waals surface area contributed by atoms with E-state index in [-0.39, 0.29) is 0 Å². The quantitative estimate of drug-likeness (QED) is 0.790. The summed E-state index contributed by atoms with van der Waals surface area (Å²) < 4.78 is 2.03. The third kappa shape index (κ3) is 2.40. The molecule has 0 spiro atoms. The number of nitrogens with one attached hydrogen (secondary N) is 1. The van der Waals surface area contributed by atoms with Crippen molar-refractivity contribution >= 4 is 0 Å². The zero-order valence-electron chi connectivity index (χ0n) is 10.2. The van der Waals surface area contributed by atoms with Crippen molar-refractivity contribution in [2.24, 2.45) is 5.92 Å². The number of rotatable bonds is 3. The van der Waals surface area contributed by atoms with Gasteiger partial charge in [-0.1, -0.05) is 26.2 Å². The van der Waals surface area contributed by atoms with Crippen LogP contribution in [0.2, 0.25) is 0 Å². The first kappa shape index (κ1) is 11.5. The molecule has 0 amide bonds. The van der Waals surface area contributed by atoms with Gasteiger partial charge in [0.2, 0.25) is 0 Å². The van der Waals surface area contributed by atoms with Crippen LogP contribution in [0.4, 0.5) is 0 Å². The van der Waals surface area contributed by atoms with Gasteiger partial charge in [0.05, 0.1) is 12.6 Å². The van der Waals surface area contributed by atoms with E-state index < -0.39 is 0 Å². The lowest BCUT2D eigenvalue weighted by molar-refractivity contribution is 0.295. The maximum Gasteiger partial charge on any atom is 0.165 e. The second kappa shape index (κ2) is 5.39. The monoisotopic (exact) mass is 223 g/mol. The molecule has 1 aromatic heterocycles. The third-order valence-electron chi connectivity index (χ3n) is 3.53. The second-order valence-electron chi connectivity index (χ2n) is 4.75. The summed E-state index contributed by atoms with van der Waals surface area (Å²) in [7, 11) is 1.93. The number of hydrogen-bond donors (Lipinski definition) is 1. The predicted octanol–water partition coefficient (Wildman–Crippen LogP) is 1.53. The van der Waals surface area contributed by atoms with Crippen molar-refractivity contribution in [2.75, 3.05) is 7.05 Å². The molecule has 2 atom stereocenters. The first-order valence-electron chi connectivity index (χ1n) is 6.24. The largest absolute Gasteiger partial charge is 0.313 e. The fourth-order valence-electron chi connectivity index (χ4n) is 2.58. The summed E-state index contributed by atoms with van der Waals surface area (Å²) in [5.74, 6) is 1.64. The number of nitrogens with zero attached hydrogens (tertiary/aromatic N) is 4. The lowest BCUT2D eigenvalue weighted by Crippen LogP contribution is -2.22. The van der Waals surface area contributed by atoms with E-state index >= 15 is 0 Å². The average molecular weight is 223 g/mol. The van der Waals surface area contributed by atoms with Gasteiger partial charge in [0.15, 0.2) is 5.82 Å². The minimum Gasteiger partial charge on any atom is -0.313 e. The Balaban J connectivity index is 2.16. The van der Waals surface area contributed by atoms with Gasteiger partial charge in [-0.3, -0.25) is 0 Å². The summed E-state index contributed by atoms with van der Waals surface area (Å²) in [5, 5.41) is 15.2. The molecule has 0 aliphatic heterocycles. The summed E-state index contributed by atoms with van der Waals surface area (Å²) in [5.41, 5.74) is 0. The SMILES string of the molecule is CNCc1nnnn1C1CCCCCC1C. The Kier molecular flexibility index (Phi) is 3.88. The van der Waals surface area contributed by atoms with Crippen LogP contribution in [0.25, 0.3) is 0 Å². The Morgan fingerprint density at radius 3 is 2.94 bits per heavy atom. The highest BCUT2D eigenvalue weighted by atomic mass is 15.6. The molecular weight excluding hydrogens is 202 g/mol. The van der Waals surface area contributed by atoms with Gasteiger partial charge >= 0.3 is 0 Å². The Morgan fingerprint density at radius 2 is 2.12 bits per heavy atom. The first-order chi connectivity index (χ1) is 7.83. The standard InChI is InChI=1S/C11H21N5/c1-9-6-4-3-5-7-10(9)16-11(8-12-2)13-14-15-16/h9-10,12H,3-8H2,1-2H3. The van der Waals surface area contributed by atoms with Crippen molar-refractivity contribution in [3.63, 3.8) is 0 Å². The van der Waals surface area contributed by atoms with E-state index in [0.717, 1.165) is 12.4 Å². The summed E-state index contributed by atoms with van der Waals surface area (Å²) in [4.78, 5) is 0. The fraction of sp³-hybridized carbons (Fsp3) is 0.909. The van der Waals surface area contributed by atoms with E-state index in [2.05, 4.69) is 27.8 Å². The van der Waals surface area contributed by atoms with Crippen molar-refractivity contribution in [1.82, 2.24) is 25.5 Å². The molecule has 1 fully saturated rings. The highest BCUT2D eigenvalue weighted by Crippen LogP contribution is 2.31. The van der Waals surface area contributed by atoms with E-state index in [1.54, 1.807) is 0 Å². The molecule has 2 rings (SSSR count). The van der Waals surface area contributed by atoms with Gasteiger partial charge in [0.25, 0.3) is 0 Å². The minimum absolute atomic E-state index is 0.487. The topological polar surface area (TPSA) is 55.6 Å². The van der Waals surface area contributed by atoms with Gasteiger partial charge in [-0.15, -0.1) is 5.10 Å². The molecule has 1 heterocycles. The Morgan fingerprint density at radius 1 is 1.31 bits per heavy atom. The van der Waals surface area contributed by atoms with E-state index in [9.17, 15) is 0 Å². The van der Waals surface area contributed by atoms with E-state index in [1.165, 1.54) is 32.1 Å². The predicted molar refractivity (Wildman–Crippen MR) is 61.9 cm³/mol. The Hall–Kier alpha value is -0.970. The van der Waals surface area contributed by atoms with Crippen molar-refractivity contribution in [1.29, 1.82) is 0 Å². The Labute approximate surface area is 96.6 Å². The van der Waals surface area contributed by atoms with Crippen LogP contribution in [0.1, 0.15) is 50.9 Å². The van der Waals surface area contributed by atoms with Crippen LogP contribution in [-0.4, -0.2) is 27.3 Å². The van der Waals surface area contributed by atoms with Crippen LogP contribution in [-0.2, 0) is 6.54 Å². The number of tetrazole rings is 1. The molecule has 5 nitrogen and oxygen atoms in total. The molecule has 1 N–H and O–H groups in total. The molecule has 0 radical (unpaired) electrons. The van der Waals surface area contributed by atoms with Crippen molar-refractivity contribution in [3.05, 3.63) is 5.82 Å². The normalized spacial score (nSPS) is 26.6. The smallest absolute Gasteiger partial charge is 0.165 e. The molecule has 0 bridgehead atoms. The van der Waals surface area contributed by atoms with Crippen molar-refractivity contribution < 1.29 is 0 Å². The molecule has 0 aromatic carbocycles. The van der Waals surface area contributed by atoms with Crippen LogP contribution < -0.4 is 5.32 Å². The fourth-order valence-corrected chi connectivity index (χ4v) is 2.58. The van der Waals surface area contributed by atoms with Gasteiger partial charge in [0, 0.05) is 0 Å². The summed E-state index contributed by atoms with van der Waals surface area (Å²) >= 11 is 0. The van der Waals surface area contributed by atoms with Crippen LogP contribution in [0.15, 0.2) is 0 Å². The zero-order valence-corrected chi connectivity index (χ0v) is 10.2. The molecule has 1 saturated carbocycles. The molecule has 5 heteroatoms. The molecular formula is C11H21N5. The Bertz CT molecular complexity index is 322. The third-order valence-corrected chi connectivity index (χ3v) is 3.53. The van der Waals surface area contributed by atoms with Gasteiger partial charge in [0.1, 0.15) is 0 Å². The van der Waals surface area contributed by atoms with E-state index in [4.69, 9.17) is 0 Å². The molecule has 2 unspecified atom stereocenters. The highest BCUT2D eigenvalue weighted by molar-refractivity contribution is 4.86. The zero-order chi connectivity index (χ0) is 11.4. The lowest BCUT2D eigenvalue weighted by Gasteiger charge is -2.22. The van der Waals surface area contributed by atoms with Crippen LogP contribution >= 0.6 is 0 Å². The highest BCUT2D eigenvalue weighted by Gasteiger charge is 2.24. The van der Waals surface area contributed by atoms with Crippen LogP contribution in [0, 0.1) is 5.92 Å². The molecule has 90 valence electrons. The van der Waals surface area contributed by atoms with Crippen molar-refractivity contribution in [3.8, 4) is 0 Å². The first-order valence-corrected chi connectivity index (χ1v) is 6.24. The number of hydrogen-bond acceptors (Lipinski definition) is 4. The summed E-state index contributed by atoms with van der Waals surface area (Å²) in [6.07, 6.45) is 6.51. The minimum atomic E-state index is 0.487. The van der Waals surface area contributed by atoms with Gasteiger partial charge in [-0.25, -0.2) is 4.68 Å². The molecule has 1 aromatic rings. The van der Waals surface area contributed by atoms with Gasteiger partial charge in [-0.05, 0) is 36.2 Å². The van der Waals surface area contributed by atoms with Gasteiger partial charge in [-0.2, -0.15) is 0 Å². The van der Waals surface area contributed by atoms with Gasteiger partial charge < -0.3 is 5.32 Å². The average Bonchev–Trinajstić information content (AvgIpc) is 2.61. The summed E-state index contributed by atoms with van der Waals surface area (Å²) in [6.45, 7) is 3.07. The van der Waals surface area contributed by atoms with Crippen molar-refractivity contribution in [2.45, 2.75) is 51.6 Å². The summed E-state index contributed by atoms with van der Waals surface area (Å²) in [6, 6.07) is 0.487. The van der Waals surface area contributed by atoms with E-state index in [0.29, 0.717) is 12.0 Å². The van der Waals surface area contributed by atoms with E-state index in [1.807, 2.05) is 11.7 Å². The molecule has 1 aliphatic carbocycles. The van der Waals surface area contributed by atoms with Crippen LogP contribution in [0.5, 0.6) is 0 Å². The molecule has 0 saturated heterocycles. The molecule has 1 aliphatic rings. The number of aromatic nitrogens is 4. The maximum absolute atomic E-state index is 4.17.